The SMILES string of the molecule is O=S(=O)(O)c1cccc(C(O)c2ccc(Cl)c(Cl)c2Cl)c1. The minimum atomic E-state index is -4.36. The molecule has 0 fully saturated rings. The molecule has 2 aromatic carbocycles. The van der Waals surface area contributed by atoms with Crippen LogP contribution in [0.5, 0.6) is 0 Å². The average molecular weight is 368 g/mol. The predicted molar refractivity (Wildman–Crippen MR) is 81.8 cm³/mol. The van der Waals surface area contributed by atoms with Crippen molar-refractivity contribution in [3.63, 3.8) is 0 Å². The predicted octanol–water partition coefficient (Wildman–Crippen LogP) is 3.98. The highest BCUT2D eigenvalue weighted by molar-refractivity contribution is 7.85. The van der Waals surface area contributed by atoms with Crippen molar-refractivity contribution in [3.8, 4) is 0 Å². The molecule has 2 rings (SSSR count). The number of aliphatic hydroxyl groups is 1. The summed E-state index contributed by atoms with van der Waals surface area (Å²) in [7, 11) is -4.36. The molecule has 4 nitrogen and oxygen atoms in total. The van der Waals surface area contributed by atoms with Gasteiger partial charge in [-0.15, -0.1) is 0 Å². The highest BCUT2D eigenvalue weighted by atomic mass is 35.5. The zero-order valence-corrected chi connectivity index (χ0v) is 13.4. The summed E-state index contributed by atoms with van der Waals surface area (Å²) in [4.78, 5) is -0.324. The minimum Gasteiger partial charge on any atom is -0.384 e. The van der Waals surface area contributed by atoms with E-state index in [2.05, 4.69) is 0 Å². The summed E-state index contributed by atoms with van der Waals surface area (Å²) in [5.41, 5.74) is 0.518. The lowest BCUT2D eigenvalue weighted by Crippen LogP contribution is -2.04. The molecular weight excluding hydrogens is 359 g/mol. The molecule has 0 saturated heterocycles. The van der Waals surface area contributed by atoms with Crippen molar-refractivity contribution in [1.82, 2.24) is 0 Å². The maximum Gasteiger partial charge on any atom is 0.294 e. The highest BCUT2D eigenvalue weighted by Crippen LogP contribution is 2.37. The van der Waals surface area contributed by atoms with E-state index in [4.69, 9.17) is 39.4 Å². The van der Waals surface area contributed by atoms with Gasteiger partial charge < -0.3 is 5.11 Å². The molecule has 8 heteroatoms. The Labute approximate surface area is 136 Å². The van der Waals surface area contributed by atoms with Crippen molar-refractivity contribution in [2.45, 2.75) is 11.0 Å². The number of rotatable bonds is 3. The van der Waals surface area contributed by atoms with Gasteiger partial charge in [0.1, 0.15) is 6.10 Å². The molecule has 112 valence electrons. The van der Waals surface area contributed by atoms with Crippen molar-refractivity contribution < 1.29 is 18.1 Å². The van der Waals surface area contributed by atoms with Crippen molar-refractivity contribution in [2.24, 2.45) is 0 Å². The fourth-order valence-corrected chi connectivity index (χ4v) is 2.96. The zero-order valence-electron chi connectivity index (χ0n) is 10.3. The van der Waals surface area contributed by atoms with Gasteiger partial charge in [-0.3, -0.25) is 4.55 Å². The van der Waals surface area contributed by atoms with Crippen LogP contribution in [-0.4, -0.2) is 18.1 Å². The number of benzene rings is 2. The van der Waals surface area contributed by atoms with E-state index in [1.807, 2.05) is 0 Å². The largest absolute Gasteiger partial charge is 0.384 e. The summed E-state index contributed by atoms with van der Waals surface area (Å²) in [6.07, 6.45) is -1.21. The number of aliphatic hydroxyl groups excluding tert-OH is 1. The number of hydrogen-bond acceptors (Lipinski definition) is 3. The van der Waals surface area contributed by atoms with E-state index in [-0.39, 0.29) is 31.1 Å². The Balaban J connectivity index is 2.51. The molecular formula is C13H9Cl3O4S. The molecule has 2 N–H and O–H groups in total. The second-order valence-electron chi connectivity index (χ2n) is 4.21. The zero-order chi connectivity index (χ0) is 15.8. The van der Waals surface area contributed by atoms with Crippen LogP contribution in [0, 0.1) is 0 Å². The van der Waals surface area contributed by atoms with E-state index in [1.54, 1.807) is 0 Å². The normalized spacial score (nSPS) is 13.2. The molecule has 0 radical (unpaired) electrons. The molecule has 21 heavy (non-hydrogen) atoms. The fourth-order valence-electron chi connectivity index (χ4n) is 1.78. The Bertz CT molecular complexity index is 790. The van der Waals surface area contributed by atoms with Gasteiger partial charge in [0.2, 0.25) is 0 Å². The van der Waals surface area contributed by atoms with E-state index in [0.717, 1.165) is 6.07 Å². The molecule has 0 bridgehead atoms. The molecule has 2 aromatic rings. The van der Waals surface area contributed by atoms with Gasteiger partial charge in [0.15, 0.2) is 0 Å². The van der Waals surface area contributed by atoms with E-state index in [1.165, 1.54) is 30.3 Å². The lowest BCUT2D eigenvalue weighted by molar-refractivity contribution is 0.220. The van der Waals surface area contributed by atoms with Crippen LogP contribution in [0.3, 0.4) is 0 Å². The first kappa shape index (κ1) is 16.5. The highest BCUT2D eigenvalue weighted by Gasteiger charge is 2.19. The van der Waals surface area contributed by atoms with Crippen LogP contribution in [0.4, 0.5) is 0 Å². The monoisotopic (exact) mass is 366 g/mol. The Morgan fingerprint density at radius 2 is 1.67 bits per heavy atom. The second kappa shape index (κ2) is 6.12. The smallest absolute Gasteiger partial charge is 0.294 e. The van der Waals surface area contributed by atoms with Gasteiger partial charge in [-0.2, -0.15) is 8.42 Å². The Hall–Kier alpha value is -0.820. The van der Waals surface area contributed by atoms with Crippen molar-refractivity contribution in [2.75, 3.05) is 0 Å². The van der Waals surface area contributed by atoms with Crippen LogP contribution in [0.25, 0.3) is 0 Å². The molecule has 0 saturated carbocycles. The Morgan fingerprint density at radius 3 is 2.29 bits per heavy atom. The summed E-state index contributed by atoms with van der Waals surface area (Å²) < 4.78 is 31.3. The number of halogens is 3. The molecule has 0 amide bonds. The van der Waals surface area contributed by atoms with Crippen molar-refractivity contribution >= 4 is 44.9 Å². The van der Waals surface area contributed by atoms with Gasteiger partial charge in [-0.25, -0.2) is 0 Å². The molecule has 0 aliphatic rings. The Morgan fingerprint density at radius 1 is 1.00 bits per heavy atom. The third kappa shape index (κ3) is 3.51. The molecule has 0 heterocycles. The van der Waals surface area contributed by atoms with E-state index >= 15 is 0 Å². The first-order valence-corrected chi connectivity index (χ1v) is 8.18. The first-order valence-electron chi connectivity index (χ1n) is 5.60. The van der Waals surface area contributed by atoms with E-state index in [9.17, 15) is 13.5 Å². The first-order chi connectivity index (χ1) is 9.71. The summed E-state index contributed by atoms with van der Waals surface area (Å²) in [5, 5.41) is 10.7. The molecule has 0 aliphatic heterocycles. The third-order valence-corrected chi connectivity index (χ3v) is 4.99. The van der Waals surface area contributed by atoms with Crippen molar-refractivity contribution in [1.29, 1.82) is 0 Å². The molecule has 0 aliphatic carbocycles. The maximum atomic E-state index is 11.1. The van der Waals surface area contributed by atoms with Crippen LogP contribution >= 0.6 is 34.8 Å². The van der Waals surface area contributed by atoms with Gasteiger partial charge in [0.25, 0.3) is 10.1 Å². The van der Waals surface area contributed by atoms with Gasteiger partial charge >= 0.3 is 0 Å². The van der Waals surface area contributed by atoms with Gasteiger partial charge in [0.05, 0.1) is 20.0 Å². The van der Waals surface area contributed by atoms with E-state index < -0.39 is 16.2 Å². The second-order valence-corrected chi connectivity index (χ2v) is 6.80. The Kier molecular flexibility index (Phi) is 4.82. The van der Waals surface area contributed by atoms with Crippen LogP contribution in [0.1, 0.15) is 17.2 Å². The topological polar surface area (TPSA) is 74.6 Å². The maximum absolute atomic E-state index is 11.1. The fraction of sp³-hybridized carbons (Fsp3) is 0.0769. The van der Waals surface area contributed by atoms with Crippen LogP contribution < -0.4 is 0 Å². The van der Waals surface area contributed by atoms with Crippen molar-refractivity contribution in [3.05, 3.63) is 62.6 Å². The third-order valence-electron chi connectivity index (χ3n) is 2.83. The molecule has 0 aromatic heterocycles. The standard InChI is InChI=1S/C13H9Cl3O4S/c14-10-5-4-9(11(15)12(10)16)13(17)7-2-1-3-8(6-7)21(18,19)20/h1-6,13,17H,(H,18,19,20). The summed E-state index contributed by atoms with van der Waals surface area (Å²) in [5.74, 6) is 0. The number of hydrogen-bond donors (Lipinski definition) is 2. The van der Waals surface area contributed by atoms with Gasteiger partial charge in [-0.05, 0) is 23.8 Å². The van der Waals surface area contributed by atoms with Crippen LogP contribution in [0.15, 0.2) is 41.3 Å². The van der Waals surface area contributed by atoms with Gasteiger partial charge in [0, 0.05) is 5.56 Å². The van der Waals surface area contributed by atoms with Gasteiger partial charge in [-0.1, -0.05) is 53.0 Å². The lowest BCUT2D eigenvalue weighted by Gasteiger charge is -2.15. The van der Waals surface area contributed by atoms with Crippen LogP contribution in [-0.2, 0) is 10.1 Å². The average Bonchev–Trinajstić information content (AvgIpc) is 2.43. The lowest BCUT2D eigenvalue weighted by atomic mass is 10.0. The molecule has 0 spiro atoms. The minimum absolute atomic E-state index is 0.0777. The quantitative estimate of drug-likeness (QED) is 0.636. The molecule has 1 unspecified atom stereocenters. The van der Waals surface area contributed by atoms with Crippen LogP contribution in [0.2, 0.25) is 15.1 Å². The summed E-state index contributed by atoms with van der Waals surface area (Å²) in [6, 6.07) is 8.22. The van der Waals surface area contributed by atoms with E-state index in [0.29, 0.717) is 0 Å². The summed E-state index contributed by atoms with van der Waals surface area (Å²) >= 11 is 17.7. The molecule has 1 atom stereocenters. The summed E-state index contributed by atoms with van der Waals surface area (Å²) in [6.45, 7) is 0.